The second-order valence-electron chi connectivity index (χ2n) is 3.61. The molecule has 0 bridgehead atoms. The van der Waals surface area contributed by atoms with Crippen LogP contribution < -0.4 is 12.3 Å². The van der Waals surface area contributed by atoms with Crippen LogP contribution in [0, 0.1) is 0 Å². The van der Waals surface area contributed by atoms with E-state index in [9.17, 15) is 20.4 Å². The van der Waals surface area contributed by atoms with Crippen LogP contribution in [0.15, 0.2) is 11.1 Å². The van der Waals surface area contributed by atoms with E-state index in [0.717, 1.165) is 0 Å². The Kier molecular flexibility index (Phi) is 11.2. The first-order valence-corrected chi connectivity index (χ1v) is 4.75. The average molecular weight is 238 g/mol. The third kappa shape index (κ3) is 5.55. The highest BCUT2D eigenvalue weighted by Crippen LogP contribution is 2.20. The molecule has 0 aromatic carbocycles. The Labute approximate surface area is 96.8 Å². The zero-order valence-corrected chi connectivity index (χ0v) is 10.5. The van der Waals surface area contributed by atoms with Crippen LogP contribution >= 0.6 is 0 Å². The summed E-state index contributed by atoms with van der Waals surface area (Å²) < 4.78 is 0. The molecule has 100 valence electrons. The molecule has 10 N–H and O–H groups in total. The van der Waals surface area contributed by atoms with Crippen LogP contribution in [0.4, 0.5) is 0 Å². The summed E-state index contributed by atoms with van der Waals surface area (Å²) >= 11 is 0. The number of aliphatic hydroxyl groups is 4. The Morgan fingerprint density at radius 2 is 0.688 bits per heavy atom. The first kappa shape index (κ1) is 20.9. The standard InChI is InChI=1S/C10H20O4.2H3N/c1-5(11)9(6(2)12)10(7(3)13)8(4)14;;/h5-8,11-14H,1-4H3;2*1H3. The van der Waals surface area contributed by atoms with Gasteiger partial charge in [-0.15, -0.1) is 0 Å². The molecule has 0 amide bonds. The van der Waals surface area contributed by atoms with Crippen molar-refractivity contribution in [3.05, 3.63) is 11.1 Å². The van der Waals surface area contributed by atoms with E-state index in [4.69, 9.17) is 0 Å². The third-order valence-electron chi connectivity index (χ3n) is 2.13. The fourth-order valence-electron chi connectivity index (χ4n) is 1.66. The summed E-state index contributed by atoms with van der Waals surface area (Å²) in [5, 5.41) is 37.6. The smallest absolute Gasteiger partial charge is 0.0751 e. The second kappa shape index (κ2) is 8.63. The van der Waals surface area contributed by atoms with Crippen LogP contribution in [-0.4, -0.2) is 44.8 Å². The summed E-state index contributed by atoms with van der Waals surface area (Å²) in [7, 11) is 0. The van der Waals surface area contributed by atoms with E-state index in [1.807, 2.05) is 0 Å². The Hall–Kier alpha value is -0.500. The highest BCUT2D eigenvalue weighted by Gasteiger charge is 2.23. The fraction of sp³-hybridized carbons (Fsp3) is 0.800. The molecule has 16 heavy (non-hydrogen) atoms. The van der Waals surface area contributed by atoms with Crippen LogP contribution in [0.3, 0.4) is 0 Å². The van der Waals surface area contributed by atoms with Crippen molar-refractivity contribution in [1.29, 1.82) is 0 Å². The number of rotatable bonds is 4. The van der Waals surface area contributed by atoms with E-state index >= 15 is 0 Å². The van der Waals surface area contributed by atoms with Crippen LogP contribution in [0.5, 0.6) is 0 Å². The Bertz CT molecular complexity index is 171. The molecule has 6 heteroatoms. The van der Waals surface area contributed by atoms with Gasteiger partial charge >= 0.3 is 0 Å². The molecule has 6 nitrogen and oxygen atoms in total. The first-order valence-electron chi connectivity index (χ1n) is 4.75. The number of hydrogen-bond acceptors (Lipinski definition) is 6. The summed E-state index contributed by atoms with van der Waals surface area (Å²) in [6, 6.07) is 0. The van der Waals surface area contributed by atoms with Gasteiger partial charge in [-0.3, -0.25) is 0 Å². The minimum Gasteiger partial charge on any atom is -0.389 e. The van der Waals surface area contributed by atoms with Crippen LogP contribution in [0.1, 0.15) is 27.7 Å². The van der Waals surface area contributed by atoms with Gasteiger partial charge in [-0.2, -0.15) is 0 Å². The molecule has 0 spiro atoms. The number of hydrogen-bond donors (Lipinski definition) is 6. The highest BCUT2D eigenvalue weighted by atomic mass is 16.3. The minimum absolute atomic E-state index is 0. The van der Waals surface area contributed by atoms with Crippen LogP contribution in [-0.2, 0) is 0 Å². The summed E-state index contributed by atoms with van der Waals surface area (Å²) in [5.41, 5.74) is 0.574. The molecule has 0 saturated heterocycles. The van der Waals surface area contributed by atoms with E-state index in [-0.39, 0.29) is 23.4 Å². The zero-order valence-electron chi connectivity index (χ0n) is 10.5. The van der Waals surface area contributed by atoms with Gasteiger partial charge in [0, 0.05) is 0 Å². The monoisotopic (exact) mass is 238 g/mol. The molecule has 0 aromatic rings. The maximum Gasteiger partial charge on any atom is 0.0751 e. The average Bonchev–Trinajstić information content (AvgIpc) is 1.96. The SMILES string of the molecule is CC(O)C(=C(C(C)O)C(C)O)C(C)O.N.N. The lowest BCUT2D eigenvalue weighted by molar-refractivity contribution is 0.128. The van der Waals surface area contributed by atoms with Gasteiger partial charge in [0.05, 0.1) is 24.4 Å². The van der Waals surface area contributed by atoms with Crippen molar-refractivity contribution >= 4 is 0 Å². The van der Waals surface area contributed by atoms with Crippen LogP contribution in [0.25, 0.3) is 0 Å². The molecule has 4 atom stereocenters. The Morgan fingerprint density at radius 3 is 0.750 bits per heavy atom. The molecule has 0 aliphatic rings. The molecular weight excluding hydrogens is 212 g/mol. The lowest BCUT2D eigenvalue weighted by atomic mass is 9.92. The summed E-state index contributed by atoms with van der Waals surface area (Å²) in [6.45, 7) is 5.97. The topological polar surface area (TPSA) is 151 Å². The van der Waals surface area contributed by atoms with Gasteiger partial charge in [0.2, 0.25) is 0 Å². The van der Waals surface area contributed by atoms with E-state index in [2.05, 4.69) is 0 Å². The molecule has 0 aliphatic heterocycles. The van der Waals surface area contributed by atoms with Crippen molar-refractivity contribution in [1.82, 2.24) is 12.3 Å². The van der Waals surface area contributed by atoms with Gasteiger partial charge in [-0.1, -0.05) is 0 Å². The summed E-state index contributed by atoms with van der Waals surface area (Å²) in [5.74, 6) is 0. The third-order valence-corrected chi connectivity index (χ3v) is 2.13. The van der Waals surface area contributed by atoms with Crippen molar-refractivity contribution in [3.8, 4) is 0 Å². The van der Waals surface area contributed by atoms with Crippen molar-refractivity contribution in [2.75, 3.05) is 0 Å². The Morgan fingerprint density at radius 1 is 0.562 bits per heavy atom. The van der Waals surface area contributed by atoms with E-state index < -0.39 is 24.4 Å². The van der Waals surface area contributed by atoms with Crippen molar-refractivity contribution in [2.45, 2.75) is 52.1 Å². The van der Waals surface area contributed by atoms with Gasteiger partial charge in [0.25, 0.3) is 0 Å². The van der Waals surface area contributed by atoms with Gasteiger partial charge < -0.3 is 32.7 Å². The van der Waals surface area contributed by atoms with Gasteiger partial charge in [-0.25, -0.2) is 0 Å². The van der Waals surface area contributed by atoms with Gasteiger partial charge in [0.1, 0.15) is 0 Å². The highest BCUT2D eigenvalue weighted by molar-refractivity contribution is 5.26. The van der Waals surface area contributed by atoms with Crippen LogP contribution in [0.2, 0.25) is 0 Å². The fourth-order valence-corrected chi connectivity index (χ4v) is 1.66. The molecule has 0 aliphatic carbocycles. The first-order chi connectivity index (χ1) is 6.29. The molecule has 4 unspecified atom stereocenters. The zero-order chi connectivity index (χ0) is 11.5. The lowest BCUT2D eigenvalue weighted by Gasteiger charge is -2.24. The maximum atomic E-state index is 9.41. The van der Waals surface area contributed by atoms with E-state index in [0.29, 0.717) is 0 Å². The maximum absolute atomic E-state index is 9.41. The molecule has 0 radical (unpaired) electrons. The van der Waals surface area contributed by atoms with Gasteiger partial charge in [-0.05, 0) is 38.8 Å². The molecule has 0 saturated carbocycles. The Balaban J connectivity index is -0.000000845. The number of aliphatic hydroxyl groups excluding tert-OH is 4. The molecule has 0 rings (SSSR count). The predicted octanol–water partition coefficient (Wildman–Crippen LogP) is 0.130. The largest absolute Gasteiger partial charge is 0.389 e. The summed E-state index contributed by atoms with van der Waals surface area (Å²) in [4.78, 5) is 0. The molecule has 0 aromatic heterocycles. The van der Waals surface area contributed by atoms with Gasteiger partial charge in [0.15, 0.2) is 0 Å². The van der Waals surface area contributed by atoms with Crippen molar-refractivity contribution in [2.24, 2.45) is 0 Å². The van der Waals surface area contributed by atoms with Crippen molar-refractivity contribution < 1.29 is 20.4 Å². The molecule has 0 fully saturated rings. The second-order valence-corrected chi connectivity index (χ2v) is 3.61. The minimum atomic E-state index is -0.880. The normalized spacial score (nSPS) is 17.2. The summed E-state index contributed by atoms with van der Waals surface area (Å²) in [6.07, 6.45) is -3.52. The predicted molar refractivity (Wildman–Crippen MR) is 63.8 cm³/mol. The van der Waals surface area contributed by atoms with Crippen molar-refractivity contribution in [3.63, 3.8) is 0 Å². The van der Waals surface area contributed by atoms with E-state index in [1.165, 1.54) is 27.7 Å². The lowest BCUT2D eigenvalue weighted by Crippen LogP contribution is -2.28. The quantitative estimate of drug-likeness (QED) is 0.383. The molecular formula is C10H26N2O4. The molecule has 0 heterocycles. The van der Waals surface area contributed by atoms with E-state index in [1.54, 1.807) is 0 Å².